The normalized spacial score (nSPS) is 35.0. The van der Waals surface area contributed by atoms with Crippen molar-refractivity contribution in [3.05, 3.63) is 89.5 Å². The van der Waals surface area contributed by atoms with Crippen LogP contribution in [0.3, 0.4) is 0 Å². The first-order valence-electron chi connectivity index (χ1n) is 32.4. The number of nitrogens with zero attached hydrogens (tertiary/aromatic N) is 2. The van der Waals surface area contributed by atoms with Crippen LogP contribution >= 0.6 is 7.26 Å². The number of cyclic esters (lactones) is 1. The Morgan fingerprint density at radius 1 is 0.741 bits per heavy atom. The van der Waals surface area contributed by atoms with Crippen LogP contribution in [0.25, 0.3) is 0 Å². The van der Waals surface area contributed by atoms with E-state index in [2.05, 4.69) is 93.6 Å². The van der Waals surface area contributed by atoms with Gasteiger partial charge in [-0.3, -0.25) is 9.59 Å². The van der Waals surface area contributed by atoms with E-state index in [4.69, 9.17) is 23.7 Å². The van der Waals surface area contributed by atoms with E-state index in [1.165, 1.54) is 59.5 Å². The second-order valence-corrected chi connectivity index (χ2v) is 31.6. The average Bonchev–Trinajstić information content (AvgIpc) is 1.46. The van der Waals surface area contributed by atoms with Crippen LogP contribution in [0.1, 0.15) is 176 Å². The number of aliphatic hydroxyl groups is 5. The van der Waals surface area contributed by atoms with Gasteiger partial charge in [0.2, 0.25) is 0 Å². The summed E-state index contributed by atoms with van der Waals surface area (Å²) in [6.07, 6.45) is 3.01. The van der Waals surface area contributed by atoms with Crippen LogP contribution < -0.4 is 15.9 Å². The van der Waals surface area contributed by atoms with Crippen LogP contribution in [0, 0.1) is 44.4 Å². The third-order valence-electron chi connectivity index (χ3n) is 20.1. The monoisotopic (exact) mass is 1200 g/mol. The number of rotatable bonds is 21. The number of carbonyl (C=O) groups is 2. The Hall–Kier alpha value is -3.37. The molecule has 0 saturated carbocycles. The van der Waals surface area contributed by atoms with Crippen molar-refractivity contribution < 1.29 is 58.8 Å². The van der Waals surface area contributed by atoms with Gasteiger partial charge in [-0.15, -0.1) is 0 Å². The molecule has 0 bridgehead atoms. The van der Waals surface area contributed by atoms with E-state index in [0.29, 0.717) is 12.8 Å². The van der Waals surface area contributed by atoms with Crippen molar-refractivity contribution in [3.63, 3.8) is 0 Å². The van der Waals surface area contributed by atoms with E-state index in [-0.39, 0.29) is 56.2 Å². The summed E-state index contributed by atoms with van der Waals surface area (Å²) in [6, 6.07) is 26.5. The van der Waals surface area contributed by atoms with Gasteiger partial charge in [0.25, 0.3) is 0 Å². The number of likely N-dealkylation sites (N-methyl/N-ethyl adjacent to an activating group) is 1. The van der Waals surface area contributed by atoms with Crippen LogP contribution in [0.2, 0.25) is 0 Å². The predicted molar refractivity (Wildman–Crippen MR) is 344 cm³/mol. The summed E-state index contributed by atoms with van der Waals surface area (Å²) in [5, 5.41) is 65.5. The maximum Gasteiger partial charge on any atom is 0.126 e. The summed E-state index contributed by atoms with van der Waals surface area (Å²) in [6.45, 7) is 24.5. The Bertz CT molecular complexity index is 2470. The zero-order valence-electron chi connectivity index (χ0n) is 54.9. The maximum absolute atomic E-state index is 14.8. The molecule has 3 aromatic carbocycles. The Morgan fingerprint density at radius 3 is 1.75 bits per heavy atom. The summed E-state index contributed by atoms with van der Waals surface area (Å²) in [5.41, 5.74) is -0.840. The fraction of sp³-hybridized carbons (Fsp3) is 0.714. The fourth-order valence-electron chi connectivity index (χ4n) is 15.1. The number of esters is 1. The number of hydrogen-bond donors (Lipinski definition) is 5. The summed E-state index contributed by atoms with van der Waals surface area (Å²) >= 11 is 0. The van der Waals surface area contributed by atoms with Crippen molar-refractivity contribution in [2.75, 3.05) is 33.9 Å². The molecule has 3 heterocycles. The quantitative estimate of drug-likeness (QED) is 0.0386. The van der Waals surface area contributed by atoms with Crippen LogP contribution in [-0.2, 0) is 33.3 Å². The van der Waals surface area contributed by atoms with Crippen molar-refractivity contribution in [1.82, 2.24) is 9.80 Å². The van der Waals surface area contributed by atoms with E-state index in [9.17, 15) is 35.1 Å². The van der Waals surface area contributed by atoms with Gasteiger partial charge in [-0.05, 0) is 86.7 Å². The summed E-state index contributed by atoms with van der Waals surface area (Å²) < 4.78 is 32.2. The van der Waals surface area contributed by atoms with Crippen LogP contribution in [0.4, 0.5) is 0 Å². The third kappa shape index (κ3) is 17.1. The molecular formula is C70H113N2O12P. The molecule has 3 aliphatic rings. The predicted octanol–water partition coefficient (Wildman–Crippen LogP) is 9.62. The number of unbranched alkanes of at least 4 members (excludes halogenated alkanes) is 8. The maximum atomic E-state index is 14.8. The minimum absolute atomic E-state index is 0.106. The molecular weight excluding hydrogens is 1090 g/mol. The summed E-state index contributed by atoms with van der Waals surface area (Å²) in [4.78, 5) is 33.1. The van der Waals surface area contributed by atoms with Crippen molar-refractivity contribution in [2.24, 2.45) is 23.7 Å². The number of aliphatic hydroxyl groups excluding tert-OH is 3. The Labute approximate surface area is 512 Å². The van der Waals surface area contributed by atoms with E-state index in [1.54, 1.807) is 39.5 Å². The number of methoxy groups -OCH3 is 1. The summed E-state index contributed by atoms with van der Waals surface area (Å²) in [7, 11) is 2.99. The van der Waals surface area contributed by atoms with Crippen molar-refractivity contribution >= 4 is 35.1 Å². The molecule has 0 spiro atoms. The minimum atomic E-state index is -2.34. The van der Waals surface area contributed by atoms with Gasteiger partial charge in [0.15, 0.2) is 6.29 Å². The van der Waals surface area contributed by atoms with Gasteiger partial charge in [0, 0.05) is 32.0 Å². The van der Waals surface area contributed by atoms with E-state index >= 15 is 0 Å². The van der Waals surface area contributed by atoms with Gasteiger partial charge in [0.1, 0.15) is 30.0 Å². The van der Waals surface area contributed by atoms with Crippen LogP contribution in [0.15, 0.2) is 72.8 Å². The van der Waals surface area contributed by atoms with Gasteiger partial charge in [-0.1, -0.05) is 27.7 Å². The molecule has 3 fully saturated rings. The number of carbonyl (C=O) groups excluding carboxylic acids is 2. The SMILES string of the molecule is CC[C@H]1OC(=O)[C@H](C)C([C@H]2C[C@@](C)(OC)[C@@H](O)[C@H](C)O2)[C@H](C)[C@@H](O[C@@H]2O[C@H](C)C[C@H](N(C)C)[C@H]2O)[C@](C)(O)C[C@@H](C)CN(C(=O)CCCCCCCCCCC[PH](c2cccc(C)c2)(c2cccc(C)c2)c2cccc(C)c2)[C@H](C)[C@@H](O)[C@]1(C)O. The summed E-state index contributed by atoms with van der Waals surface area (Å²) in [5.74, 6) is -3.63. The third-order valence-corrected chi connectivity index (χ3v) is 25.1. The van der Waals surface area contributed by atoms with Crippen molar-refractivity contribution in [2.45, 2.75) is 264 Å². The largest absolute Gasteiger partial charge is 0.388 e. The molecule has 0 aliphatic carbocycles. The molecule has 3 saturated heterocycles. The van der Waals surface area contributed by atoms with Crippen molar-refractivity contribution in [3.8, 4) is 0 Å². The van der Waals surface area contributed by atoms with Gasteiger partial charge in [0.05, 0.1) is 47.6 Å². The van der Waals surface area contributed by atoms with E-state index in [0.717, 1.165) is 44.7 Å². The molecule has 85 heavy (non-hydrogen) atoms. The molecule has 480 valence electrons. The topological polar surface area (TPSA) is 188 Å². The molecule has 0 aromatic heterocycles. The average molecular weight is 1210 g/mol. The molecule has 18 atom stereocenters. The molecule has 14 nitrogen and oxygen atoms in total. The first kappa shape index (κ1) is 70.7. The van der Waals surface area contributed by atoms with Gasteiger partial charge < -0.3 is 59.0 Å². The number of hydrogen-bond acceptors (Lipinski definition) is 13. The molecule has 3 aromatic rings. The van der Waals surface area contributed by atoms with Crippen LogP contribution in [-0.4, -0.2) is 165 Å². The molecule has 1 amide bonds. The molecule has 5 N–H and O–H groups in total. The number of aryl methyl sites for hydroxylation is 3. The van der Waals surface area contributed by atoms with Crippen molar-refractivity contribution in [1.29, 1.82) is 0 Å². The second-order valence-electron chi connectivity index (χ2n) is 27.6. The number of benzene rings is 3. The molecule has 15 heteroatoms. The molecule has 3 aliphatic heterocycles. The Morgan fingerprint density at radius 2 is 1.26 bits per heavy atom. The fourth-order valence-corrected chi connectivity index (χ4v) is 20.3. The number of amides is 1. The standard InChI is InChI=1S/C70H113N2O12P/c1-17-59-70(13,79)63(75)52(9)72(60(73)36-25-23-21-19-18-20-22-24-26-37-85(54-33-27-30-45(2)38-54,55-34-28-31-46(3)39-55)56-35-29-32-47(4)40-56)44-48(5)42-68(11,78)65(84-67-62(74)57(71(14)15)41-49(6)81-67)50(7)61(51(8)66(77)83-59)58-43-69(12,80-16)64(76)53(10)82-58/h27-35,38-40,48-53,57-59,61-65,67,74-76,78-79,85H,17-26,36-37,41-44H2,1-16H3/t48-,49-,50+,51-,52-,53+,57+,58-,59-,61?,62-,63-,64+,65-,67+,68-,69-,70-/m1/s1. The smallest absolute Gasteiger partial charge is 0.126 e. The van der Waals surface area contributed by atoms with Crippen LogP contribution in [0.5, 0.6) is 0 Å². The first-order chi connectivity index (χ1) is 40.0. The van der Waals surface area contributed by atoms with E-state index in [1.807, 2.05) is 46.7 Å². The molecule has 6 rings (SSSR count). The Kier molecular flexibility index (Phi) is 25.7. The molecule has 1 unspecified atom stereocenters. The minimum Gasteiger partial charge on any atom is -0.388 e. The van der Waals surface area contributed by atoms with E-state index < -0.39 is 103 Å². The molecule has 0 radical (unpaired) electrons. The Balaban J connectivity index is 1.16. The number of ether oxygens (including phenoxy) is 5. The van der Waals surface area contributed by atoms with Gasteiger partial charge in [-0.25, -0.2) is 0 Å². The van der Waals surface area contributed by atoms with Gasteiger partial charge >= 0.3 is 216 Å². The zero-order valence-corrected chi connectivity index (χ0v) is 55.9. The van der Waals surface area contributed by atoms with Gasteiger partial charge in [-0.2, -0.15) is 0 Å². The second kappa shape index (κ2) is 30.9. The zero-order chi connectivity index (χ0) is 62.8. The first-order valence-corrected chi connectivity index (χ1v) is 34.6.